The molecule has 0 heterocycles. The molecule has 0 spiro atoms. The number of esters is 1. The van der Waals surface area contributed by atoms with E-state index in [9.17, 15) is 4.79 Å². The zero-order valence-corrected chi connectivity index (χ0v) is 11.6. The van der Waals surface area contributed by atoms with Crippen LogP contribution in [0.15, 0.2) is 0 Å². The molecule has 2 atom stereocenters. The molecule has 0 aliphatic heterocycles. The lowest BCUT2D eigenvalue weighted by molar-refractivity contribution is -0.163. The number of ether oxygens (including phenoxy) is 2. The lowest BCUT2D eigenvalue weighted by atomic mass is 9.78. The van der Waals surface area contributed by atoms with Gasteiger partial charge in [-0.15, -0.1) is 0 Å². The third-order valence-electron chi connectivity index (χ3n) is 3.84. The minimum atomic E-state index is -0.380. The van der Waals surface area contributed by atoms with Gasteiger partial charge in [0, 0.05) is 7.11 Å². The molecule has 1 fully saturated rings. The third-order valence-corrected chi connectivity index (χ3v) is 3.84. The van der Waals surface area contributed by atoms with Crippen molar-refractivity contribution in [1.29, 1.82) is 0 Å². The van der Waals surface area contributed by atoms with Gasteiger partial charge in [0.25, 0.3) is 0 Å². The van der Waals surface area contributed by atoms with E-state index in [4.69, 9.17) is 9.47 Å². The van der Waals surface area contributed by atoms with Crippen molar-refractivity contribution in [3.8, 4) is 0 Å². The van der Waals surface area contributed by atoms with E-state index in [2.05, 4.69) is 13.8 Å². The second kappa shape index (κ2) is 6.39. The molecule has 2 unspecified atom stereocenters. The maximum absolute atomic E-state index is 12.2. The molecule has 3 nitrogen and oxygen atoms in total. The lowest BCUT2D eigenvalue weighted by Gasteiger charge is -2.32. The second-order valence-electron chi connectivity index (χ2n) is 5.43. The molecule has 0 aromatic carbocycles. The number of carbonyl (C=O) groups excluding carboxylic acids is 1. The maximum atomic E-state index is 12.2. The zero-order chi connectivity index (χ0) is 12.9. The Labute approximate surface area is 105 Å². The van der Waals surface area contributed by atoms with Crippen LogP contribution in [0.25, 0.3) is 0 Å². The summed E-state index contributed by atoms with van der Waals surface area (Å²) >= 11 is 0. The fourth-order valence-electron chi connectivity index (χ4n) is 2.83. The van der Waals surface area contributed by atoms with Gasteiger partial charge < -0.3 is 9.47 Å². The lowest BCUT2D eigenvalue weighted by Crippen LogP contribution is -2.41. The molecule has 17 heavy (non-hydrogen) atoms. The van der Waals surface area contributed by atoms with Crippen LogP contribution >= 0.6 is 0 Å². The largest absolute Gasteiger partial charge is 0.465 e. The zero-order valence-electron chi connectivity index (χ0n) is 11.6. The minimum Gasteiger partial charge on any atom is -0.465 e. The predicted molar refractivity (Wildman–Crippen MR) is 67.8 cm³/mol. The summed E-state index contributed by atoms with van der Waals surface area (Å²) in [5, 5.41) is 0. The monoisotopic (exact) mass is 242 g/mol. The van der Waals surface area contributed by atoms with Crippen molar-refractivity contribution in [1.82, 2.24) is 0 Å². The predicted octanol–water partition coefficient (Wildman–Crippen LogP) is 3.17. The van der Waals surface area contributed by atoms with Crippen LogP contribution in [0.5, 0.6) is 0 Å². The van der Waals surface area contributed by atoms with Crippen LogP contribution in [-0.4, -0.2) is 25.8 Å². The third kappa shape index (κ3) is 3.21. The van der Waals surface area contributed by atoms with Crippen LogP contribution < -0.4 is 0 Å². The van der Waals surface area contributed by atoms with E-state index in [1.165, 1.54) is 0 Å². The molecule has 3 heteroatoms. The highest BCUT2D eigenvalue weighted by Gasteiger charge is 2.50. The highest BCUT2D eigenvalue weighted by atomic mass is 16.5. The standard InChI is InChI=1S/C14H26O3/c1-5-17-13(15)14(10-8-11(2)3)9-6-7-12(14)16-4/h11-12H,5-10H2,1-4H3. The Morgan fingerprint density at radius 1 is 1.47 bits per heavy atom. The molecule has 100 valence electrons. The van der Waals surface area contributed by atoms with Gasteiger partial charge in [-0.05, 0) is 44.9 Å². The van der Waals surface area contributed by atoms with E-state index < -0.39 is 0 Å². The van der Waals surface area contributed by atoms with Gasteiger partial charge in [0.2, 0.25) is 0 Å². The van der Waals surface area contributed by atoms with Crippen LogP contribution in [0.4, 0.5) is 0 Å². The Kier molecular flexibility index (Phi) is 5.44. The highest BCUT2D eigenvalue weighted by Crippen LogP contribution is 2.45. The molecule has 0 radical (unpaired) electrons. The quantitative estimate of drug-likeness (QED) is 0.671. The molecule has 0 amide bonds. The summed E-state index contributed by atoms with van der Waals surface area (Å²) in [7, 11) is 1.71. The van der Waals surface area contributed by atoms with Crippen molar-refractivity contribution in [2.75, 3.05) is 13.7 Å². The Morgan fingerprint density at radius 3 is 2.71 bits per heavy atom. The Hall–Kier alpha value is -0.570. The molecule has 0 aromatic heterocycles. The fourth-order valence-corrected chi connectivity index (χ4v) is 2.83. The van der Waals surface area contributed by atoms with E-state index in [0.717, 1.165) is 32.1 Å². The van der Waals surface area contributed by atoms with Gasteiger partial charge in [-0.25, -0.2) is 0 Å². The summed E-state index contributed by atoms with van der Waals surface area (Å²) in [6.45, 7) is 6.70. The van der Waals surface area contributed by atoms with Gasteiger partial charge >= 0.3 is 5.97 Å². The van der Waals surface area contributed by atoms with Crippen molar-refractivity contribution in [2.45, 2.75) is 59.0 Å². The van der Waals surface area contributed by atoms with E-state index in [1.54, 1.807) is 7.11 Å². The van der Waals surface area contributed by atoms with E-state index in [-0.39, 0.29) is 17.5 Å². The van der Waals surface area contributed by atoms with Gasteiger partial charge in [-0.3, -0.25) is 4.79 Å². The van der Waals surface area contributed by atoms with Crippen LogP contribution in [0.1, 0.15) is 52.9 Å². The number of hydrogen-bond acceptors (Lipinski definition) is 3. The van der Waals surface area contributed by atoms with E-state index in [1.807, 2.05) is 6.92 Å². The molecule has 1 saturated carbocycles. The average Bonchev–Trinajstić information content (AvgIpc) is 2.70. The van der Waals surface area contributed by atoms with Crippen molar-refractivity contribution >= 4 is 5.97 Å². The number of methoxy groups -OCH3 is 1. The van der Waals surface area contributed by atoms with Gasteiger partial charge in [0.15, 0.2) is 0 Å². The Bertz CT molecular complexity index is 250. The van der Waals surface area contributed by atoms with Crippen LogP contribution in [-0.2, 0) is 14.3 Å². The van der Waals surface area contributed by atoms with Crippen LogP contribution in [0.2, 0.25) is 0 Å². The molecule has 1 aliphatic carbocycles. The highest BCUT2D eigenvalue weighted by molar-refractivity contribution is 5.78. The molecule has 1 rings (SSSR count). The maximum Gasteiger partial charge on any atom is 0.314 e. The molecule has 0 N–H and O–H groups in total. The number of rotatable bonds is 6. The van der Waals surface area contributed by atoms with Crippen molar-refractivity contribution in [2.24, 2.45) is 11.3 Å². The summed E-state index contributed by atoms with van der Waals surface area (Å²) in [4.78, 5) is 12.2. The normalized spacial score (nSPS) is 28.6. The first-order valence-corrected chi connectivity index (χ1v) is 6.76. The van der Waals surface area contributed by atoms with Crippen molar-refractivity contribution < 1.29 is 14.3 Å². The van der Waals surface area contributed by atoms with Gasteiger partial charge in [0.05, 0.1) is 18.1 Å². The van der Waals surface area contributed by atoms with Crippen molar-refractivity contribution in [3.63, 3.8) is 0 Å². The van der Waals surface area contributed by atoms with Crippen molar-refractivity contribution in [3.05, 3.63) is 0 Å². The first-order valence-electron chi connectivity index (χ1n) is 6.76. The van der Waals surface area contributed by atoms with Gasteiger partial charge in [-0.2, -0.15) is 0 Å². The summed E-state index contributed by atoms with van der Waals surface area (Å²) in [5.74, 6) is 0.560. The average molecular weight is 242 g/mol. The molecule has 0 aromatic rings. The van der Waals surface area contributed by atoms with E-state index in [0.29, 0.717) is 12.5 Å². The summed E-state index contributed by atoms with van der Waals surface area (Å²) in [6.07, 6.45) is 4.95. The number of carbonyl (C=O) groups is 1. The first-order chi connectivity index (χ1) is 8.06. The number of hydrogen-bond donors (Lipinski definition) is 0. The fraction of sp³-hybridized carbons (Fsp3) is 0.929. The van der Waals surface area contributed by atoms with Gasteiger partial charge in [0.1, 0.15) is 0 Å². The Morgan fingerprint density at radius 2 is 2.18 bits per heavy atom. The molecule has 0 saturated heterocycles. The first kappa shape index (κ1) is 14.5. The summed E-state index contributed by atoms with van der Waals surface area (Å²) in [5.41, 5.74) is -0.380. The Balaban J connectivity index is 2.79. The van der Waals surface area contributed by atoms with Crippen LogP contribution in [0, 0.1) is 11.3 Å². The summed E-state index contributed by atoms with van der Waals surface area (Å²) < 4.78 is 10.8. The smallest absolute Gasteiger partial charge is 0.314 e. The molecular formula is C14H26O3. The second-order valence-corrected chi connectivity index (χ2v) is 5.43. The molecule has 1 aliphatic rings. The van der Waals surface area contributed by atoms with Crippen LogP contribution in [0.3, 0.4) is 0 Å². The summed E-state index contributed by atoms with van der Waals surface area (Å²) in [6, 6.07) is 0. The van der Waals surface area contributed by atoms with Gasteiger partial charge in [-0.1, -0.05) is 13.8 Å². The SMILES string of the molecule is CCOC(=O)C1(CCC(C)C)CCCC1OC. The van der Waals surface area contributed by atoms with E-state index >= 15 is 0 Å². The molecular weight excluding hydrogens is 216 g/mol. The topological polar surface area (TPSA) is 35.5 Å². The molecule has 0 bridgehead atoms. The minimum absolute atomic E-state index is 0.0419.